The quantitative estimate of drug-likeness (QED) is 0.379. The molecule has 0 radical (unpaired) electrons. The monoisotopic (exact) mass is 454 g/mol. The molecule has 0 aliphatic carbocycles. The molecule has 7 nitrogen and oxygen atoms in total. The molecule has 0 aromatic carbocycles. The molecule has 2 rings (SSSR count). The van der Waals surface area contributed by atoms with Gasteiger partial charge in [0.05, 0.1) is 11.1 Å². The van der Waals surface area contributed by atoms with Gasteiger partial charge in [0, 0.05) is 51.0 Å². The Balaban J connectivity index is 0. The number of hydrogen-bond donors (Lipinski definition) is 0. The van der Waals surface area contributed by atoms with Crippen LogP contribution >= 0.6 is 12.2 Å². The Morgan fingerprint density at radius 3 is 1.37 bits per heavy atom. The number of carbonyl (C=O) groups is 2. The maximum absolute atomic E-state index is 11.7. The van der Waals surface area contributed by atoms with E-state index in [1.165, 1.54) is 5.16 Å². The van der Waals surface area contributed by atoms with Crippen LogP contribution in [0.3, 0.4) is 0 Å². The number of carbonyl (C=O) groups excluding carboxylic acids is 2. The summed E-state index contributed by atoms with van der Waals surface area (Å²) in [5, 5.41) is 8.47. The third-order valence-electron chi connectivity index (χ3n) is 3.92. The first-order valence-electron chi connectivity index (χ1n) is 9.40. The Hall–Kier alpha value is -1.70. The second-order valence-corrected chi connectivity index (χ2v) is 5.71. The van der Waals surface area contributed by atoms with Gasteiger partial charge < -0.3 is 15.2 Å². The van der Waals surface area contributed by atoms with E-state index in [4.69, 9.17) is 5.41 Å². The fourth-order valence-electron chi connectivity index (χ4n) is 2.37. The molecule has 0 aliphatic heterocycles. The van der Waals surface area contributed by atoms with Crippen LogP contribution in [0.1, 0.15) is 48.4 Å². The molecule has 30 heavy (non-hydrogen) atoms. The van der Waals surface area contributed by atoms with Crippen LogP contribution < -0.4 is 0 Å². The number of amides is 2. The van der Waals surface area contributed by atoms with Crippen molar-refractivity contribution in [2.45, 2.75) is 27.7 Å². The zero-order valence-corrected chi connectivity index (χ0v) is 21.1. The first kappa shape index (κ1) is 30.5. The van der Waals surface area contributed by atoms with Crippen molar-refractivity contribution in [1.82, 2.24) is 19.8 Å². The van der Waals surface area contributed by atoms with E-state index in [2.05, 4.69) is 22.2 Å². The number of aromatic nitrogens is 2. The summed E-state index contributed by atoms with van der Waals surface area (Å²) < 4.78 is 0. The van der Waals surface area contributed by atoms with Gasteiger partial charge in [-0.05, 0) is 52.0 Å². The minimum absolute atomic E-state index is 0. The van der Waals surface area contributed by atoms with Crippen LogP contribution in [0.4, 0.5) is 0 Å². The van der Waals surface area contributed by atoms with Crippen molar-refractivity contribution in [3.63, 3.8) is 0 Å². The van der Waals surface area contributed by atoms with Crippen LogP contribution in [0.2, 0.25) is 0 Å². The zero-order valence-electron chi connectivity index (χ0n) is 18.1. The van der Waals surface area contributed by atoms with Crippen molar-refractivity contribution in [2.24, 2.45) is 0 Å². The summed E-state index contributed by atoms with van der Waals surface area (Å²) in [4.78, 5) is 34.8. The smallest absolute Gasteiger partial charge is 0.753 e. The number of pyridine rings is 2. The van der Waals surface area contributed by atoms with Crippen molar-refractivity contribution >= 4 is 66.9 Å². The van der Waals surface area contributed by atoms with Crippen LogP contribution in [0.5, 0.6) is 0 Å². The van der Waals surface area contributed by atoms with Gasteiger partial charge in [0.2, 0.25) is 0 Å². The standard InChI is InChI=1S/2C10H14N2O.CNS.Ca/c2*1-3-12(4-2)10(13)9-6-5-7-11-8-9;2-1-3;/h2*5-8H,3-4H2,1-2H3;;/q;;-1;+2. The number of hydrogen-bond acceptors (Lipinski definition) is 5. The van der Waals surface area contributed by atoms with Crippen LogP contribution in [0.15, 0.2) is 49.1 Å². The van der Waals surface area contributed by atoms with Crippen LogP contribution in [-0.2, 0) is 0 Å². The zero-order chi connectivity index (χ0) is 22.1. The van der Waals surface area contributed by atoms with Gasteiger partial charge in [-0.1, -0.05) is 12.2 Å². The van der Waals surface area contributed by atoms with E-state index < -0.39 is 0 Å². The molecule has 0 bridgehead atoms. The molecule has 2 aromatic heterocycles. The summed E-state index contributed by atoms with van der Waals surface area (Å²) in [5.41, 5.74) is 1.32. The molecule has 0 unspecified atom stereocenters. The predicted octanol–water partition coefficient (Wildman–Crippen LogP) is 3.41. The van der Waals surface area contributed by atoms with Crippen molar-refractivity contribution in [1.29, 1.82) is 0 Å². The van der Waals surface area contributed by atoms with Gasteiger partial charge in [0.15, 0.2) is 0 Å². The van der Waals surface area contributed by atoms with Crippen molar-refractivity contribution < 1.29 is 9.59 Å². The first-order valence-corrected chi connectivity index (χ1v) is 9.81. The molecule has 0 N–H and O–H groups in total. The second-order valence-electron chi connectivity index (χ2n) is 5.53. The number of rotatable bonds is 6. The summed E-state index contributed by atoms with van der Waals surface area (Å²) in [5.74, 6) is 0.108. The van der Waals surface area contributed by atoms with Gasteiger partial charge in [-0.3, -0.25) is 19.6 Å². The van der Waals surface area contributed by atoms with E-state index in [1.54, 1.807) is 58.9 Å². The summed E-state index contributed by atoms with van der Waals surface area (Å²) in [6, 6.07) is 7.12. The van der Waals surface area contributed by atoms with Gasteiger partial charge >= 0.3 is 37.7 Å². The average Bonchev–Trinajstić information content (AvgIpc) is 2.77. The van der Waals surface area contributed by atoms with Crippen LogP contribution in [0, 0.1) is 0 Å². The topological polar surface area (TPSA) is 88.7 Å². The number of thiocarbonyl (C=S) groups is 1. The Morgan fingerprint density at radius 2 is 1.17 bits per heavy atom. The molecule has 2 aromatic rings. The third-order valence-corrected chi connectivity index (χ3v) is 3.92. The van der Waals surface area contributed by atoms with E-state index in [-0.39, 0.29) is 49.6 Å². The van der Waals surface area contributed by atoms with Crippen LogP contribution in [-0.4, -0.2) is 101 Å². The molecular weight excluding hydrogens is 426 g/mol. The van der Waals surface area contributed by atoms with E-state index in [1.807, 2.05) is 27.7 Å². The van der Waals surface area contributed by atoms with E-state index in [0.717, 1.165) is 26.2 Å². The Bertz CT molecular complexity index is 689. The molecule has 0 spiro atoms. The van der Waals surface area contributed by atoms with Gasteiger partial charge in [0.25, 0.3) is 11.8 Å². The van der Waals surface area contributed by atoms with Gasteiger partial charge in [0.1, 0.15) is 0 Å². The van der Waals surface area contributed by atoms with E-state index in [0.29, 0.717) is 11.1 Å². The summed E-state index contributed by atoms with van der Waals surface area (Å²) in [6.45, 7) is 10.8. The molecule has 0 atom stereocenters. The predicted molar refractivity (Wildman–Crippen MR) is 125 cm³/mol. The minimum atomic E-state index is 0. The molecule has 9 heteroatoms. The SMILES string of the molecule is CCN(CC)C(=O)c1cccnc1.CCN(CC)C(=O)c1cccnc1.[Ca+2].[N-]=C=S. The molecular formula is C21H28CaN5O2S+. The fraction of sp³-hybridized carbons (Fsp3) is 0.381. The Kier molecular flexibility index (Phi) is 19.6. The third kappa shape index (κ3) is 11.5. The first-order chi connectivity index (χ1) is 14.0. The fourth-order valence-corrected chi connectivity index (χ4v) is 2.37. The Morgan fingerprint density at radius 1 is 0.867 bits per heavy atom. The average molecular weight is 455 g/mol. The van der Waals surface area contributed by atoms with Gasteiger partial charge in [-0.25, -0.2) is 0 Å². The maximum Gasteiger partial charge on any atom is 2.00 e. The van der Waals surface area contributed by atoms with E-state index in [9.17, 15) is 9.59 Å². The van der Waals surface area contributed by atoms with Gasteiger partial charge in [-0.2, -0.15) is 5.16 Å². The molecule has 156 valence electrons. The summed E-state index contributed by atoms with van der Waals surface area (Å²) in [6.07, 6.45) is 6.53. The molecule has 2 amide bonds. The molecule has 2 heterocycles. The summed E-state index contributed by atoms with van der Waals surface area (Å²) in [7, 11) is 0. The summed E-state index contributed by atoms with van der Waals surface area (Å²) >= 11 is 3.70. The van der Waals surface area contributed by atoms with E-state index >= 15 is 0 Å². The Labute approximate surface area is 214 Å². The van der Waals surface area contributed by atoms with Crippen LogP contribution in [0.25, 0.3) is 5.41 Å². The number of isothiocyanates is 1. The molecule has 0 aliphatic rings. The van der Waals surface area contributed by atoms with Crippen molar-refractivity contribution in [3.8, 4) is 0 Å². The normalized spacial score (nSPS) is 8.67. The van der Waals surface area contributed by atoms with Crippen molar-refractivity contribution in [3.05, 3.63) is 65.6 Å². The minimum Gasteiger partial charge on any atom is -0.753 e. The maximum atomic E-state index is 11.7. The molecule has 0 saturated heterocycles. The second kappa shape index (κ2) is 19.3. The van der Waals surface area contributed by atoms with Gasteiger partial charge in [-0.15, -0.1) is 0 Å². The largest absolute Gasteiger partial charge is 2.00 e. The van der Waals surface area contributed by atoms with Crippen molar-refractivity contribution in [2.75, 3.05) is 26.2 Å². The molecule has 0 fully saturated rings. The molecule has 0 saturated carbocycles. The number of nitrogens with zero attached hydrogens (tertiary/aromatic N) is 5.